The van der Waals surface area contributed by atoms with Crippen LogP contribution in [0.4, 0.5) is 9.59 Å². The van der Waals surface area contributed by atoms with E-state index in [9.17, 15) is 19.2 Å². The number of methoxy groups -OCH3 is 2. The Morgan fingerprint density at radius 1 is 0.738 bits per heavy atom. The number of ether oxygens (including phenoxy) is 2. The molecule has 5 rings (SSSR count). The van der Waals surface area contributed by atoms with Crippen molar-refractivity contribution in [3.05, 3.63) is 36.7 Å². The van der Waals surface area contributed by atoms with Gasteiger partial charge in [-0.3, -0.25) is 9.59 Å². The molecule has 4 aromatic heterocycles. The van der Waals surface area contributed by atoms with Crippen molar-refractivity contribution in [3.8, 4) is 21.1 Å². The highest BCUT2D eigenvalue weighted by Crippen LogP contribution is 2.39. The molecule has 0 saturated heterocycles. The van der Waals surface area contributed by atoms with Gasteiger partial charge in [0.1, 0.15) is 11.1 Å². The van der Waals surface area contributed by atoms with Crippen LogP contribution in [0.15, 0.2) is 36.7 Å². The topological polar surface area (TPSA) is 168 Å². The van der Waals surface area contributed by atoms with Crippen LogP contribution in [-0.4, -0.2) is 70.5 Å². The number of amides is 2. The molecule has 0 bridgehead atoms. The Bertz CT molecular complexity index is 1600. The first-order valence-corrected chi connectivity index (χ1v) is 16.3. The third kappa shape index (κ3) is 7.38. The molecule has 2 atom stereocenters. The standard InChI is InChI=1S/C26H26N6O6P2S2/c1-37-25(35)27-5-3-21(33)39-23-29-11-15(31-23)19-9-13-7-18-14(8-17(13)41-19)10-20(42-18)16-12-30-24(32-16)40-22(34)4-6-28-26(36)38-2/h7-12,39-40H,3-6H2,1-2H3,(H,27,35)(H,28,36)(H,29,31)(H,30,32). The van der Waals surface area contributed by atoms with E-state index in [2.05, 4.69) is 64.3 Å². The number of H-pyrrole nitrogens is 2. The Morgan fingerprint density at radius 2 is 1.17 bits per heavy atom. The van der Waals surface area contributed by atoms with Gasteiger partial charge in [0.25, 0.3) is 0 Å². The highest BCUT2D eigenvalue weighted by Gasteiger charge is 2.15. The Labute approximate surface area is 250 Å². The van der Waals surface area contributed by atoms with Gasteiger partial charge in [-0.1, -0.05) is 0 Å². The zero-order valence-electron chi connectivity index (χ0n) is 22.5. The fourth-order valence-corrected chi connectivity index (χ4v) is 7.74. The number of carbonyl (C=O) groups excluding carboxylic acids is 4. The van der Waals surface area contributed by atoms with E-state index < -0.39 is 12.2 Å². The molecule has 2 amide bonds. The van der Waals surface area contributed by atoms with E-state index in [-0.39, 0.29) is 54.1 Å². The number of hydrogen-bond acceptors (Lipinski definition) is 10. The maximum Gasteiger partial charge on any atom is 0.406 e. The largest absolute Gasteiger partial charge is 0.453 e. The molecule has 0 saturated carbocycles. The minimum atomic E-state index is -0.560. The molecule has 5 aromatic rings. The number of nitrogens with one attached hydrogen (secondary N) is 4. The van der Waals surface area contributed by atoms with Crippen molar-refractivity contribution in [1.82, 2.24) is 30.6 Å². The number of alkyl carbamates (subject to hydrolysis) is 2. The van der Waals surface area contributed by atoms with Crippen molar-refractivity contribution in [2.45, 2.75) is 12.8 Å². The van der Waals surface area contributed by atoms with Crippen LogP contribution < -0.4 is 21.8 Å². The van der Waals surface area contributed by atoms with E-state index in [1.54, 1.807) is 35.1 Å². The molecule has 1 aromatic carbocycles. The van der Waals surface area contributed by atoms with Gasteiger partial charge in [0, 0.05) is 52.5 Å². The van der Waals surface area contributed by atoms with Gasteiger partial charge >= 0.3 is 12.2 Å². The number of aromatic amines is 2. The molecule has 4 N–H and O–H groups in total. The summed E-state index contributed by atoms with van der Waals surface area (Å²) in [5.41, 5.74) is 2.90. The number of aromatic nitrogens is 4. The minimum absolute atomic E-state index is 0.0101. The van der Waals surface area contributed by atoms with E-state index in [4.69, 9.17) is 0 Å². The second-order valence-electron chi connectivity index (χ2n) is 8.87. The number of rotatable bonds is 12. The first kappa shape index (κ1) is 29.8. The molecule has 0 aliphatic heterocycles. The van der Waals surface area contributed by atoms with Crippen molar-refractivity contribution in [2.75, 3.05) is 27.3 Å². The van der Waals surface area contributed by atoms with Crippen molar-refractivity contribution in [2.24, 2.45) is 0 Å². The first-order valence-electron chi connectivity index (χ1n) is 12.6. The van der Waals surface area contributed by atoms with Crippen LogP contribution in [0.5, 0.6) is 0 Å². The van der Waals surface area contributed by atoms with Gasteiger partial charge in [-0.05, 0) is 35.0 Å². The summed E-state index contributed by atoms with van der Waals surface area (Å²) in [6.07, 6.45) is 2.78. The van der Waals surface area contributed by atoms with Crippen molar-refractivity contribution in [1.29, 1.82) is 0 Å². The van der Waals surface area contributed by atoms with Crippen LogP contribution in [0.25, 0.3) is 41.3 Å². The normalized spacial score (nSPS) is 11.7. The molecule has 42 heavy (non-hydrogen) atoms. The molecule has 0 fully saturated rings. The number of fused-ring (bicyclic) bond motifs is 2. The lowest BCUT2D eigenvalue weighted by molar-refractivity contribution is -0.111. The van der Waals surface area contributed by atoms with Gasteiger partial charge in [0.05, 0.1) is 47.8 Å². The molecule has 0 radical (unpaired) electrons. The highest BCUT2D eigenvalue weighted by molar-refractivity contribution is 7.65. The predicted octanol–water partition coefficient (Wildman–Crippen LogP) is 4.05. The Hall–Kier alpha value is -3.70. The predicted molar refractivity (Wildman–Crippen MR) is 168 cm³/mol. The van der Waals surface area contributed by atoms with Gasteiger partial charge in [0.15, 0.2) is 11.0 Å². The van der Waals surface area contributed by atoms with Gasteiger partial charge < -0.3 is 30.1 Å². The summed E-state index contributed by atoms with van der Waals surface area (Å²) in [6.45, 7) is 0.445. The van der Waals surface area contributed by atoms with E-state index in [1.165, 1.54) is 14.2 Å². The Morgan fingerprint density at radius 3 is 1.57 bits per heavy atom. The zero-order valence-corrected chi connectivity index (χ0v) is 26.1. The van der Waals surface area contributed by atoms with Crippen molar-refractivity contribution >= 4 is 94.4 Å². The Balaban J connectivity index is 1.22. The van der Waals surface area contributed by atoms with Gasteiger partial charge in [-0.2, -0.15) is 0 Å². The van der Waals surface area contributed by atoms with E-state index in [1.807, 2.05) is 0 Å². The molecule has 218 valence electrons. The summed E-state index contributed by atoms with van der Waals surface area (Å²) in [5.74, 6) is 0. The highest BCUT2D eigenvalue weighted by atomic mass is 32.1. The third-order valence-corrected chi connectivity index (χ3v) is 10.3. The number of carbonyl (C=O) groups is 4. The van der Waals surface area contributed by atoms with Crippen LogP contribution in [0, 0.1) is 0 Å². The van der Waals surface area contributed by atoms with Gasteiger partial charge in [-0.15, -0.1) is 22.7 Å². The summed E-state index contributed by atoms with van der Waals surface area (Å²) >= 11 is 3.28. The second-order valence-corrected chi connectivity index (χ2v) is 13.6. The molecule has 16 heteroatoms. The summed E-state index contributed by atoms with van der Waals surface area (Å²) in [4.78, 5) is 64.1. The summed E-state index contributed by atoms with van der Waals surface area (Å²) in [7, 11) is 2.30. The van der Waals surface area contributed by atoms with Crippen LogP contribution in [0.3, 0.4) is 0 Å². The van der Waals surface area contributed by atoms with Crippen molar-refractivity contribution < 1.29 is 28.7 Å². The van der Waals surface area contributed by atoms with Crippen LogP contribution in [0.2, 0.25) is 0 Å². The lowest BCUT2D eigenvalue weighted by Crippen LogP contribution is -2.25. The lowest BCUT2D eigenvalue weighted by Gasteiger charge is -2.02. The molecule has 0 aliphatic rings. The summed E-state index contributed by atoms with van der Waals surface area (Å²) < 4.78 is 11.3. The first-order chi connectivity index (χ1) is 20.3. The average molecular weight is 645 g/mol. The summed E-state index contributed by atoms with van der Waals surface area (Å²) in [6, 6.07) is 8.54. The van der Waals surface area contributed by atoms with Crippen molar-refractivity contribution in [3.63, 3.8) is 0 Å². The maximum absolute atomic E-state index is 12.2. The molecule has 2 unspecified atom stereocenters. The van der Waals surface area contributed by atoms with E-state index in [0.717, 1.165) is 41.3 Å². The summed E-state index contributed by atoms with van der Waals surface area (Å²) in [5, 5.41) is 7.22. The third-order valence-electron chi connectivity index (χ3n) is 5.97. The fourth-order valence-electron chi connectivity index (χ4n) is 3.95. The number of nitrogens with zero attached hydrogens (tertiary/aromatic N) is 2. The number of hydrogen-bond donors (Lipinski definition) is 4. The number of imidazole rings is 2. The maximum atomic E-state index is 12.2. The molecule has 0 aliphatic carbocycles. The average Bonchev–Trinajstić information content (AvgIpc) is 3.77. The number of thiophene rings is 2. The SMILES string of the molecule is COC(=O)NCCC(=O)Pc1ncc(-c2cc3cc4sc(-c5cnc(PC(=O)CCNC(=O)OC)[nH]5)cc4cc3s2)[nH]1. The van der Waals surface area contributed by atoms with Gasteiger partial charge in [0.2, 0.25) is 0 Å². The molecular weight excluding hydrogens is 618 g/mol. The second kappa shape index (κ2) is 13.5. The van der Waals surface area contributed by atoms with E-state index in [0.29, 0.717) is 11.1 Å². The fraction of sp³-hybridized carbons (Fsp3) is 0.231. The van der Waals surface area contributed by atoms with Gasteiger partial charge in [-0.25, -0.2) is 19.6 Å². The molecular formula is C26H26N6O6P2S2. The molecule has 0 spiro atoms. The number of benzene rings is 1. The van der Waals surface area contributed by atoms with Crippen LogP contribution in [0.1, 0.15) is 12.8 Å². The van der Waals surface area contributed by atoms with Crippen LogP contribution >= 0.6 is 39.8 Å². The quantitative estimate of drug-likeness (QED) is 0.148. The van der Waals surface area contributed by atoms with Crippen LogP contribution in [-0.2, 0) is 19.1 Å². The monoisotopic (exact) mass is 644 g/mol. The van der Waals surface area contributed by atoms with E-state index >= 15 is 0 Å². The molecule has 4 heterocycles. The molecule has 12 nitrogen and oxygen atoms in total. The Kier molecular flexibility index (Phi) is 9.58. The minimum Gasteiger partial charge on any atom is -0.453 e. The zero-order chi connectivity index (χ0) is 29.6. The lowest BCUT2D eigenvalue weighted by atomic mass is 10.2. The smallest absolute Gasteiger partial charge is 0.406 e.